The van der Waals surface area contributed by atoms with Crippen LogP contribution in [0.1, 0.15) is 34.0 Å². The number of rotatable bonds is 3. The van der Waals surface area contributed by atoms with E-state index in [4.69, 9.17) is 4.74 Å². The lowest BCUT2D eigenvalue weighted by Gasteiger charge is -2.46. The molecule has 1 aliphatic carbocycles. The molecule has 5 rings (SSSR count). The Balaban J connectivity index is 1.87. The minimum absolute atomic E-state index is 0.158. The maximum absolute atomic E-state index is 14.1. The summed E-state index contributed by atoms with van der Waals surface area (Å²) in [7, 11) is 3.17. The third-order valence-electron chi connectivity index (χ3n) is 7.06. The number of methoxy groups -OCH3 is 1. The number of fused-ring (bicyclic) bond motifs is 1. The van der Waals surface area contributed by atoms with E-state index in [0.29, 0.717) is 24.1 Å². The fourth-order valence-electron chi connectivity index (χ4n) is 5.80. The third kappa shape index (κ3) is 2.04. The minimum Gasteiger partial charge on any atom is -0.468 e. The number of hydrogen-bond acceptors (Lipinski definition) is 5. The van der Waals surface area contributed by atoms with E-state index >= 15 is 0 Å². The van der Waals surface area contributed by atoms with Gasteiger partial charge in [0.25, 0.3) is 0 Å². The van der Waals surface area contributed by atoms with Crippen LogP contribution < -0.4 is 0 Å². The minimum atomic E-state index is -1.47. The first-order valence-corrected chi connectivity index (χ1v) is 10.1. The molecule has 0 bridgehead atoms. The van der Waals surface area contributed by atoms with Gasteiger partial charge in [0.1, 0.15) is 11.0 Å². The lowest BCUT2D eigenvalue weighted by atomic mass is 9.61. The van der Waals surface area contributed by atoms with Gasteiger partial charge in [0, 0.05) is 12.1 Å². The summed E-state index contributed by atoms with van der Waals surface area (Å²) in [4.78, 5) is 29.6. The van der Waals surface area contributed by atoms with Crippen LogP contribution in [0.4, 0.5) is 0 Å². The summed E-state index contributed by atoms with van der Waals surface area (Å²) in [6.45, 7) is 0.481. The molecule has 30 heavy (non-hydrogen) atoms. The second-order valence-electron chi connectivity index (χ2n) is 8.20. The zero-order valence-electron chi connectivity index (χ0n) is 17.0. The predicted octanol–water partition coefficient (Wildman–Crippen LogP) is 3.46. The Kier molecular flexibility index (Phi) is 4.10. The number of esters is 1. The van der Waals surface area contributed by atoms with Gasteiger partial charge in [0.05, 0.1) is 13.2 Å². The van der Waals surface area contributed by atoms with Gasteiger partial charge in [-0.25, -0.2) is 0 Å². The summed E-state index contributed by atoms with van der Waals surface area (Å²) in [6.07, 6.45) is -0.896. The molecular weight excluding hydrogens is 378 g/mol. The SMILES string of the molecule is COC(=O)C1(C(O)c2ccccc2)CCN(C)C12C(=O)c1cccc3cccc2c13. The number of Topliss-reactive ketones (excluding diaryl/α,β-unsaturated/α-hetero) is 1. The molecule has 0 radical (unpaired) electrons. The fourth-order valence-corrected chi connectivity index (χ4v) is 5.80. The molecule has 0 aromatic heterocycles. The first kappa shape index (κ1) is 19.0. The van der Waals surface area contributed by atoms with Gasteiger partial charge in [-0.3, -0.25) is 14.5 Å². The van der Waals surface area contributed by atoms with E-state index in [2.05, 4.69) is 0 Å². The summed E-state index contributed by atoms with van der Waals surface area (Å²) >= 11 is 0. The number of nitrogens with zero attached hydrogens (tertiary/aromatic N) is 1. The quantitative estimate of drug-likeness (QED) is 0.681. The van der Waals surface area contributed by atoms with Crippen molar-refractivity contribution in [3.8, 4) is 0 Å². The summed E-state index contributed by atoms with van der Waals surface area (Å²) in [5.74, 6) is -0.726. The summed E-state index contributed by atoms with van der Waals surface area (Å²) in [5, 5.41) is 13.5. The number of aliphatic hydroxyl groups excluding tert-OH is 1. The smallest absolute Gasteiger partial charge is 0.317 e. The van der Waals surface area contributed by atoms with Crippen molar-refractivity contribution < 1.29 is 19.4 Å². The number of hydrogen-bond donors (Lipinski definition) is 1. The summed E-state index contributed by atoms with van der Waals surface area (Å²) < 4.78 is 5.28. The molecule has 1 saturated heterocycles. The van der Waals surface area contributed by atoms with Gasteiger partial charge in [-0.15, -0.1) is 0 Å². The molecule has 3 aromatic carbocycles. The molecule has 1 spiro atoms. The lowest BCUT2D eigenvalue weighted by Crippen LogP contribution is -2.59. The molecule has 2 aliphatic rings. The van der Waals surface area contributed by atoms with Crippen LogP contribution in [0.25, 0.3) is 10.8 Å². The van der Waals surface area contributed by atoms with Crippen LogP contribution >= 0.6 is 0 Å². The van der Waals surface area contributed by atoms with Crippen LogP contribution in [0.5, 0.6) is 0 Å². The molecular formula is C25H23NO4. The van der Waals surface area contributed by atoms with Crippen molar-refractivity contribution in [2.75, 3.05) is 20.7 Å². The molecule has 1 fully saturated rings. The fraction of sp³-hybridized carbons (Fsp3) is 0.280. The van der Waals surface area contributed by atoms with Crippen molar-refractivity contribution in [1.29, 1.82) is 0 Å². The Morgan fingerprint density at radius 2 is 1.77 bits per heavy atom. The number of likely N-dealkylation sites (N-methyl/N-ethyl adjacent to an activating group) is 1. The highest BCUT2D eigenvalue weighted by molar-refractivity contribution is 6.22. The lowest BCUT2D eigenvalue weighted by molar-refractivity contribution is -0.168. The van der Waals surface area contributed by atoms with Gasteiger partial charge in [0.15, 0.2) is 5.78 Å². The predicted molar refractivity (Wildman–Crippen MR) is 113 cm³/mol. The van der Waals surface area contributed by atoms with Crippen molar-refractivity contribution in [2.24, 2.45) is 5.41 Å². The molecule has 3 aromatic rings. The standard InChI is InChI=1S/C25H23NO4/c1-26-15-14-24(23(29)30-2,21(27)17-8-4-3-5-9-17)25(26)19-13-7-11-16-10-6-12-18(20(16)19)22(25)28/h3-13,21,27H,14-15H2,1-2H3. The van der Waals surface area contributed by atoms with Gasteiger partial charge >= 0.3 is 5.97 Å². The number of benzene rings is 3. The highest BCUT2D eigenvalue weighted by atomic mass is 16.5. The van der Waals surface area contributed by atoms with Crippen molar-refractivity contribution in [3.05, 3.63) is 83.4 Å². The normalized spacial score (nSPS) is 26.4. The van der Waals surface area contributed by atoms with Crippen LogP contribution in [-0.4, -0.2) is 42.5 Å². The largest absolute Gasteiger partial charge is 0.468 e. The van der Waals surface area contributed by atoms with E-state index < -0.39 is 23.0 Å². The summed E-state index contributed by atoms with van der Waals surface area (Å²) in [5.41, 5.74) is -0.860. The van der Waals surface area contributed by atoms with Crippen molar-refractivity contribution in [1.82, 2.24) is 4.90 Å². The van der Waals surface area contributed by atoms with Crippen molar-refractivity contribution in [2.45, 2.75) is 18.1 Å². The van der Waals surface area contributed by atoms with Crippen molar-refractivity contribution in [3.63, 3.8) is 0 Å². The molecule has 3 unspecified atom stereocenters. The van der Waals surface area contributed by atoms with E-state index in [9.17, 15) is 14.7 Å². The maximum Gasteiger partial charge on any atom is 0.317 e. The highest BCUT2D eigenvalue weighted by Gasteiger charge is 2.73. The molecule has 3 atom stereocenters. The van der Waals surface area contributed by atoms with Crippen LogP contribution in [0, 0.1) is 5.41 Å². The monoisotopic (exact) mass is 401 g/mol. The second-order valence-corrected chi connectivity index (χ2v) is 8.20. The number of carbonyl (C=O) groups is 2. The molecule has 0 amide bonds. The second kappa shape index (κ2) is 6.49. The van der Waals surface area contributed by atoms with E-state index in [1.165, 1.54) is 7.11 Å². The van der Waals surface area contributed by atoms with Gasteiger partial charge in [-0.05, 0) is 35.4 Å². The first-order valence-electron chi connectivity index (χ1n) is 10.1. The number of ketones is 1. The molecule has 1 N–H and O–H groups in total. The van der Waals surface area contributed by atoms with Crippen LogP contribution in [-0.2, 0) is 15.1 Å². The summed E-state index contributed by atoms with van der Waals surface area (Å²) in [6, 6.07) is 20.5. The van der Waals surface area contributed by atoms with E-state index in [1.807, 2.05) is 66.5 Å². The molecule has 5 nitrogen and oxygen atoms in total. The number of likely N-dealkylation sites (tertiary alicyclic amines) is 1. The molecule has 152 valence electrons. The Morgan fingerprint density at radius 1 is 1.07 bits per heavy atom. The number of carbonyl (C=O) groups excluding carboxylic acids is 2. The van der Waals surface area contributed by atoms with Crippen molar-refractivity contribution >= 4 is 22.5 Å². The van der Waals surface area contributed by atoms with E-state index in [-0.39, 0.29) is 5.78 Å². The van der Waals surface area contributed by atoms with E-state index in [0.717, 1.165) is 16.3 Å². The first-order chi connectivity index (χ1) is 14.5. The zero-order chi connectivity index (χ0) is 21.1. The number of ether oxygens (including phenoxy) is 1. The van der Waals surface area contributed by atoms with Crippen LogP contribution in [0.2, 0.25) is 0 Å². The Morgan fingerprint density at radius 3 is 2.47 bits per heavy atom. The van der Waals surface area contributed by atoms with Crippen LogP contribution in [0.3, 0.4) is 0 Å². The van der Waals surface area contributed by atoms with Gasteiger partial charge < -0.3 is 9.84 Å². The maximum atomic E-state index is 14.1. The average molecular weight is 401 g/mol. The molecule has 0 saturated carbocycles. The Bertz CT molecular complexity index is 1170. The number of aliphatic hydroxyl groups is 1. The van der Waals surface area contributed by atoms with E-state index in [1.54, 1.807) is 12.1 Å². The molecule has 1 heterocycles. The average Bonchev–Trinajstić information content (AvgIpc) is 3.24. The zero-order valence-corrected chi connectivity index (χ0v) is 17.0. The highest BCUT2D eigenvalue weighted by Crippen LogP contribution is 2.63. The third-order valence-corrected chi connectivity index (χ3v) is 7.06. The molecule has 5 heteroatoms. The van der Waals surface area contributed by atoms with Crippen LogP contribution in [0.15, 0.2) is 66.7 Å². The van der Waals surface area contributed by atoms with Gasteiger partial charge in [-0.1, -0.05) is 66.7 Å². The van der Waals surface area contributed by atoms with Gasteiger partial charge in [0.2, 0.25) is 0 Å². The topological polar surface area (TPSA) is 66.8 Å². The van der Waals surface area contributed by atoms with Gasteiger partial charge in [-0.2, -0.15) is 0 Å². The molecule has 1 aliphatic heterocycles. The Hall–Kier alpha value is -3.02. The Labute approximate surface area is 174 Å².